The molecule has 21 heavy (non-hydrogen) atoms. The van der Waals surface area contributed by atoms with Gasteiger partial charge in [-0.05, 0) is 32.9 Å². The quantitative estimate of drug-likeness (QED) is 0.857. The Hall–Kier alpha value is -2.01. The Balaban J connectivity index is 2.18. The van der Waals surface area contributed by atoms with E-state index in [4.69, 9.17) is 14.9 Å². The molecule has 0 aliphatic carbocycles. The van der Waals surface area contributed by atoms with Crippen LogP contribution in [0.25, 0.3) is 11.0 Å². The average Bonchev–Trinajstić information content (AvgIpc) is 2.83. The number of furan rings is 1. The van der Waals surface area contributed by atoms with Gasteiger partial charge < -0.3 is 20.2 Å². The average molecular weight is 290 g/mol. The minimum absolute atomic E-state index is 0.0806. The molecule has 2 unspecified atom stereocenters. The predicted molar refractivity (Wildman–Crippen MR) is 82.2 cm³/mol. The number of fused-ring (bicyclic) bond motifs is 1. The second-order valence-electron chi connectivity index (χ2n) is 5.23. The van der Waals surface area contributed by atoms with Crippen molar-refractivity contribution < 1.29 is 13.9 Å². The van der Waals surface area contributed by atoms with Crippen LogP contribution in [0, 0.1) is 0 Å². The van der Waals surface area contributed by atoms with Crippen molar-refractivity contribution in [3.8, 4) is 5.75 Å². The first-order valence-electron chi connectivity index (χ1n) is 7.21. The molecule has 2 atom stereocenters. The molecule has 2 rings (SSSR count). The van der Waals surface area contributed by atoms with Crippen LogP contribution in [0.4, 0.5) is 0 Å². The maximum Gasteiger partial charge on any atom is 0.222 e. The van der Waals surface area contributed by atoms with Crippen molar-refractivity contribution in [3.05, 3.63) is 30.0 Å². The van der Waals surface area contributed by atoms with E-state index in [0.29, 0.717) is 24.4 Å². The highest BCUT2D eigenvalue weighted by molar-refractivity contribution is 5.84. The van der Waals surface area contributed by atoms with Crippen LogP contribution in [-0.2, 0) is 4.79 Å². The van der Waals surface area contributed by atoms with Gasteiger partial charge in [-0.3, -0.25) is 4.79 Å². The topological polar surface area (TPSA) is 77.5 Å². The third kappa shape index (κ3) is 3.76. The Morgan fingerprint density at radius 3 is 2.86 bits per heavy atom. The molecule has 3 N–H and O–H groups in total. The van der Waals surface area contributed by atoms with Gasteiger partial charge in [0, 0.05) is 17.8 Å². The SMILES string of the molecule is CCOc1cccc2cc(C(C)NC(=O)CC(C)N)oc12. The second-order valence-corrected chi connectivity index (χ2v) is 5.23. The third-order valence-corrected chi connectivity index (χ3v) is 3.14. The van der Waals surface area contributed by atoms with Gasteiger partial charge in [0.05, 0.1) is 12.6 Å². The number of nitrogens with one attached hydrogen (secondary N) is 1. The summed E-state index contributed by atoms with van der Waals surface area (Å²) in [6.45, 7) is 6.20. The van der Waals surface area contributed by atoms with Crippen molar-refractivity contribution in [2.24, 2.45) is 5.73 Å². The minimum Gasteiger partial charge on any atom is -0.490 e. The van der Waals surface area contributed by atoms with Crippen molar-refractivity contribution in [2.75, 3.05) is 6.61 Å². The van der Waals surface area contributed by atoms with Gasteiger partial charge in [-0.15, -0.1) is 0 Å². The molecule has 5 nitrogen and oxygen atoms in total. The minimum atomic E-state index is -0.210. The highest BCUT2D eigenvalue weighted by Crippen LogP contribution is 2.31. The summed E-state index contributed by atoms with van der Waals surface area (Å²) in [6, 6.07) is 7.32. The predicted octanol–water partition coefficient (Wildman–Crippen LogP) is 2.75. The summed E-state index contributed by atoms with van der Waals surface area (Å²) in [4.78, 5) is 11.8. The van der Waals surface area contributed by atoms with E-state index >= 15 is 0 Å². The fourth-order valence-corrected chi connectivity index (χ4v) is 2.20. The maximum atomic E-state index is 11.8. The summed E-state index contributed by atoms with van der Waals surface area (Å²) in [5.41, 5.74) is 6.33. The molecule has 0 aliphatic heterocycles. The van der Waals surface area contributed by atoms with E-state index in [1.807, 2.05) is 38.1 Å². The standard InChI is InChI=1S/C16H22N2O3/c1-4-20-13-7-5-6-12-9-14(21-16(12)13)11(3)18-15(19)8-10(2)17/h5-7,9-11H,4,8,17H2,1-3H3,(H,18,19). The van der Waals surface area contributed by atoms with E-state index in [0.717, 1.165) is 11.1 Å². The van der Waals surface area contributed by atoms with Crippen molar-refractivity contribution in [1.82, 2.24) is 5.32 Å². The van der Waals surface area contributed by atoms with Crippen LogP contribution in [0.15, 0.2) is 28.7 Å². The van der Waals surface area contributed by atoms with E-state index in [2.05, 4.69) is 5.32 Å². The number of amides is 1. The van der Waals surface area contributed by atoms with Gasteiger partial charge in [0.1, 0.15) is 5.76 Å². The van der Waals surface area contributed by atoms with Crippen molar-refractivity contribution in [1.29, 1.82) is 0 Å². The van der Waals surface area contributed by atoms with E-state index in [1.54, 1.807) is 6.92 Å². The molecule has 2 aromatic rings. The molecule has 0 radical (unpaired) electrons. The highest BCUT2D eigenvalue weighted by Gasteiger charge is 2.16. The molecule has 114 valence electrons. The second kappa shape index (κ2) is 6.63. The molecule has 1 heterocycles. The van der Waals surface area contributed by atoms with Gasteiger partial charge in [0.15, 0.2) is 11.3 Å². The van der Waals surface area contributed by atoms with E-state index < -0.39 is 0 Å². The normalized spacial score (nSPS) is 13.9. The Labute approximate surface area is 124 Å². The van der Waals surface area contributed by atoms with E-state index in [1.165, 1.54) is 0 Å². The van der Waals surface area contributed by atoms with Crippen LogP contribution in [-0.4, -0.2) is 18.6 Å². The number of para-hydroxylation sites is 1. The van der Waals surface area contributed by atoms with E-state index in [9.17, 15) is 4.79 Å². The number of benzene rings is 1. The fraction of sp³-hybridized carbons (Fsp3) is 0.438. The molecular formula is C16H22N2O3. The zero-order chi connectivity index (χ0) is 15.4. The summed E-state index contributed by atoms with van der Waals surface area (Å²) in [7, 11) is 0. The van der Waals surface area contributed by atoms with Crippen molar-refractivity contribution >= 4 is 16.9 Å². The molecule has 0 fully saturated rings. The van der Waals surface area contributed by atoms with Crippen molar-refractivity contribution in [2.45, 2.75) is 39.3 Å². The monoisotopic (exact) mass is 290 g/mol. The number of carbonyl (C=O) groups is 1. The van der Waals surface area contributed by atoms with Gasteiger partial charge in [-0.1, -0.05) is 12.1 Å². The first kappa shape index (κ1) is 15.4. The summed E-state index contributed by atoms with van der Waals surface area (Å²) in [6.07, 6.45) is 0.300. The molecular weight excluding hydrogens is 268 g/mol. The molecule has 0 aliphatic rings. The number of carbonyl (C=O) groups excluding carboxylic acids is 1. The summed E-state index contributed by atoms with van der Waals surface area (Å²) >= 11 is 0. The molecule has 0 saturated carbocycles. The lowest BCUT2D eigenvalue weighted by molar-refractivity contribution is -0.122. The third-order valence-electron chi connectivity index (χ3n) is 3.14. The number of hydrogen-bond donors (Lipinski definition) is 2. The molecule has 1 aromatic carbocycles. The fourth-order valence-electron chi connectivity index (χ4n) is 2.20. The maximum absolute atomic E-state index is 11.8. The molecule has 0 saturated heterocycles. The van der Waals surface area contributed by atoms with Gasteiger partial charge in [-0.25, -0.2) is 0 Å². The first-order valence-corrected chi connectivity index (χ1v) is 7.21. The Morgan fingerprint density at radius 2 is 2.19 bits per heavy atom. The number of nitrogens with two attached hydrogens (primary N) is 1. The zero-order valence-electron chi connectivity index (χ0n) is 12.7. The summed E-state index contributed by atoms with van der Waals surface area (Å²) in [5, 5.41) is 3.85. The van der Waals surface area contributed by atoms with Crippen LogP contribution in [0.1, 0.15) is 39.0 Å². The first-order chi connectivity index (χ1) is 10.0. The number of ether oxygens (including phenoxy) is 1. The number of rotatable bonds is 6. The lowest BCUT2D eigenvalue weighted by Crippen LogP contribution is -2.31. The number of hydrogen-bond acceptors (Lipinski definition) is 4. The van der Waals surface area contributed by atoms with Gasteiger partial charge in [0.2, 0.25) is 5.91 Å². The molecule has 1 aromatic heterocycles. The summed E-state index contributed by atoms with van der Waals surface area (Å²) < 4.78 is 11.4. The van der Waals surface area contributed by atoms with Gasteiger partial charge in [-0.2, -0.15) is 0 Å². The Morgan fingerprint density at radius 1 is 1.43 bits per heavy atom. The van der Waals surface area contributed by atoms with Gasteiger partial charge in [0.25, 0.3) is 0 Å². The lowest BCUT2D eigenvalue weighted by atomic mass is 10.2. The molecule has 0 spiro atoms. The summed E-state index contributed by atoms with van der Waals surface area (Å²) in [5.74, 6) is 1.34. The molecule has 5 heteroatoms. The van der Waals surface area contributed by atoms with Crippen LogP contribution >= 0.6 is 0 Å². The Kier molecular flexibility index (Phi) is 4.85. The molecule has 0 bridgehead atoms. The van der Waals surface area contributed by atoms with Crippen LogP contribution in [0.5, 0.6) is 5.75 Å². The van der Waals surface area contributed by atoms with E-state index in [-0.39, 0.29) is 18.0 Å². The largest absolute Gasteiger partial charge is 0.490 e. The van der Waals surface area contributed by atoms with Crippen LogP contribution < -0.4 is 15.8 Å². The lowest BCUT2D eigenvalue weighted by Gasteiger charge is -2.12. The van der Waals surface area contributed by atoms with Crippen molar-refractivity contribution in [3.63, 3.8) is 0 Å². The van der Waals surface area contributed by atoms with Gasteiger partial charge >= 0.3 is 0 Å². The smallest absolute Gasteiger partial charge is 0.222 e. The molecule has 1 amide bonds. The van der Waals surface area contributed by atoms with Crippen LogP contribution in [0.3, 0.4) is 0 Å². The highest BCUT2D eigenvalue weighted by atomic mass is 16.5. The Bertz CT molecular complexity index is 619. The van der Waals surface area contributed by atoms with Crippen LogP contribution in [0.2, 0.25) is 0 Å². The zero-order valence-corrected chi connectivity index (χ0v) is 12.7.